The number of nitrogens with one attached hydrogen (secondary N) is 2. The molecule has 0 saturated heterocycles. The smallest absolute Gasteiger partial charge is 0.181 e. The molecule has 1 fully saturated rings. The van der Waals surface area contributed by atoms with Crippen molar-refractivity contribution in [3.63, 3.8) is 0 Å². The van der Waals surface area contributed by atoms with Crippen LogP contribution in [0.3, 0.4) is 0 Å². The molecule has 154 valence electrons. The maximum absolute atomic E-state index is 14.7. The van der Waals surface area contributed by atoms with Gasteiger partial charge in [0.2, 0.25) is 0 Å². The van der Waals surface area contributed by atoms with Crippen LogP contribution in [0.25, 0.3) is 33.7 Å². The summed E-state index contributed by atoms with van der Waals surface area (Å²) in [5.41, 5.74) is 4.74. The van der Waals surface area contributed by atoms with E-state index in [1.54, 1.807) is 23.1 Å². The van der Waals surface area contributed by atoms with Gasteiger partial charge < -0.3 is 4.98 Å². The summed E-state index contributed by atoms with van der Waals surface area (Å²) < 4.78 is 16.5. The third-order valence-electron chi connectivity index (χ3n) is 5.92. The van der Waals surface area contributed by atoms with Crippen molar-refractivity contribution < 1.29 is 4.39 Å². The van der Waals surface area contributed by atoms with E-state index in [4.69, 9.17) is 4.98 Å². The van der Waals surface area contributed by atoms with Gasteiger partial charge in [0.25, 0.3) is 0 Å². The zero-order valence-electron chi connectivity index (χ0n) is 16.9. The third kappa shape index (κ3) is 3.11. The molecule has 8 heteroatoms. The van der Waals surface area contributed by atoms with Crippen LogP contribution >= 0.6 is 0 Å². The largest absolute Gasteiger partial charge is 0.345 e. The molecule has 2 N–H and O–H groups in total. The Balaban J connectivity index is 1.34. The number of fused-ring (bicyclic) bond motifs is 1. The Morgan fingerprint density at radius 1 is 1.19 bits per heavy atom. The lowest BCUT2D eigenvalue weighted by molar-refractivity contribution is 0.630. The lowest BCUT2D eigenvalue weighted by atomic mass is 9.96. The van der Waals surface area contributed by atoms with Crippen molar-refractivity contribution >= 4 is 10.9 Å². The molecular weight excluding hydrogens is 393 g/mol. The zero-order valence-corrected chi connectivity index (χ0v) is 16.9. The normalized spacial score (nSPS) is 13.9. The maximum Gasteiger partial charge on any atom is 0.181 e. The Labute approximate surface area is 177 Å². The van der Waals surface area contributed by atoms with Gasteiger partial charge in [0.15, 0.2) is 5.82 Å². The average molecular weight is 413 g/mol. The van der Waals surface area contributed by atoms with Crippen molar-refractivity contribution in [3.8, 4) is 22.8 Å². The summed E-state index contributed by atoms with van der Waals surface area (Å²) in [4.78, 5) is 11.8. The number of H-pyrrole nitrogens is 2. The van der Waals surface area contributed by atoms with Gasteiger partial charge in [-0.25, -0.2) is 14.4 Å². The molecular formula is C23H20FN7. The quantitative estimate of drug-likeness (QED) is 0.448. The topological polar surface area (TPSA) is 88.1 Å². The first-order valence-electron chi connectivity index (χ1n) is 10.3. The van der Waals surface area contributed by atoms with Crippen LogP contribution in [0.5, 0.6) is 0 Å². The van der Waals surface area contributed by atoms with E-state index in [0.29, 0.717) is 35.1 Å². The molecule has 1 aliphatic rings. The second-order valence-electron chi connectivity index (χ2n) is 8.03. The molecule has 0 aliphatic heterocycles. The van der Waals surface area contributed by atoms with Crippen LogP contribution in [0.2, 0.25) is 0 Å². The van der Waals surface area contributed by atoms with Crippen molar-refractivity contribution in [1.82, 2.24) is 34.9 Å². The van der Waals surface area contributed by atoms with Crippen molar-refractivity contribution in [3.05, 3.63) is 71.7 Å². The number of nitrogens with zero attached hydrogens (tertiary/aromatic N) is 5. The molecule has 0 amide bonds. The van der Waals surface area contributed by atoms with Gasteiger partial charge in [-0.05, 0) is 48.1 Å². The molecule has 3 aromatic heterocycles. The van der Waals surface area contributed by atoms with Gasteiger partial charge in [0.05, 0.1) is 17.3 Å². The van der Waals surface area contributed by atoms with E-state index in [-0.39, 0.29) is 5.82 Å². The fraction of sp³-hybridized carbons (Fsp3) is 0.217. The van der Waals surface area contributed by atoms with Crippen LogP contribution in [-0.4, -0.2) is 34.9 Å². The minimum atomic E-state index is -0.358. The van der Waals surface area contributed by atoms with Crippen LogP contribution in [0.4, 0.5) is 4.39 Å². The maximum atomic E-state index is 14.7. The van der Waals surface area contributed by atoms with E-state index in [1.165, 1.54) is 35.4 Å². The summed E-state index contributed by atoms with van der Waals surface area (Å²) in [5.74, 6) is 2.09. The van der Waals surface area contributed by atoms with Crippen LogP contribution in [0.1, 0.15) is 35.7 Å². The van der Waals surface area contributed by atoms with Crippen molar-refractivity contribution in [1.29, 1.82) is 0 Å². The monoisotopic (exact) mass is 413 g/mol. The molecule has 5 aromatic rings. The number of aromatic nitrogens is 7. The number of hydrogen-bond acceptors (Lipinski definition) is 4. The number of aromatic amines is 2. The van der Waals surface area contributed by atoms with Crippen molar-refractivity contribution in [2.45, 2.75) is 25.2 Å². The fourth-order valence-corrected chi connectivity index (χ4v) is 4.21. The average Bonchev–Trinajstić information content (AvgIpc) is 3.15. The highest BCUT2D eigenvalue weighted by molar-refractivity contribution is 5.84. The van der Waals surface area contributed by atoms with E-state index >= 15 is 0 Å². The van der Waals surface area contributed by atoms with Gasteiger partial charge >= 0.3 is 0 Å². The molecule has 0 unspecified atom stereocenters. The molecule has 1 aliphatic carbocycles. The lowest BCUT2D eigenvalue weighted by Gasteiger charge is -2.09. The van der Waals surface area contributed by atoms with Crippen LogP contribution in [0, 0.1) is 5.82 Å². The van der Waals surface area contributed by atoms with Gasteiger partial charge in [-0.15, -0.1) is 0 Å². The van der Waals surface area contributed by atoms with E-state index in [0.717, 1.165) is 11.3 Å². The molecule has 31 heavy (non-hydrogen) atoms. The lowest BCUT2D eigenvalue weighted by Crippen LogP contribution is -2.03. The standard InChI is InChI=1S/C23H20FN7/c1-31-20(11-14-5-7-19-17(12-27-29-19)21(14)13-2-3-13)28-22(30-31)15-4-6-16(18(24)10-15)23-25-8-9-26-23/h4-10,12-13H,2-3,11H2,1H3,(H,25,26)(H,27,29). The highest BCUT2D eigenvalue weighted by Gasteiger charge is 2.29. The first kappa shape index (κ1) is 18.0. The van der Waals surface area contributed by atoms with Gasteiger partial charge in [0, 0.05) is 36.8 Å². The third-order valence-corrected chi connectivity index (χ3v) is 5.92. The molecule has 0 atom stereocenters. The Morgan fingerprint density at radius 3 is 2.87 bits per heavy atom. The van der Waals surface area contributed by atoms with Gasteiger partial charge in [-0.2, -0.15) is 10.2 Å². The number of benzene rings is 2. The molecule has 0 radical (unpaired) electrons. The van der Waals surface area contributed by atoms with Crippen LogP contribution < -0.4 is 0 Å². The minimum Gasteiger partial charge on any atom is -0.345 e. The van der Waals surface area contributed by atoms with Crippen molar-refractivity contribution in [2.24, 2.45) is 7.05 Å². The Kier molecular flexibility index (Phi) is 3.99. The van der Waals surface area contributed by atoms with Crippen LogP contribution in [-0.2, 0) is 13.5 Å². The number of aryl methyl sites for hydroxylation is 1. The molecule has 2 aromatic carbocycles. The van der Waals surface area contributed by atoms with Crippen LogP contribution in [0.15, 0.2) is 48.9 Å². The molecule has 0 spiro atoms. The Bertz CT molecular complexity index is 1390. The summed E-state index contributed by atoms with van der Waals surface area (Å²) in [5, 5.41) is 13.0. The van der Waals surface area contributed by atoms with Gasteiger partial charge in [-0.1, -0.05) is 12.1 Å². The highest BCUT2D eigenvalue weighted by Crippen LogP contribution is 2.45. The number of rotatable bonds is 5. The number of halogens is 1. The second-order valence-corrected chi connectivity index (χ2v) is 8.03. The summed E-state index contributed by atoms with van der Waals surface area (Å²) in [7, 11) is 1.88. The molecule has 0 bridgehead atoms. The van der Waals surface area contributed by atoms with E-state index in [2.05, 4.69) is 37.4 Å². The first-order valence-corrected chi connectivity index (χ1v) is 10.3. The fourth-order valence-electron chi connectivity index (χ4n) is 4.21. The van der Waals surface area contributed by atoms with Crippen molar-refractivity contribution in [2.75, 3.05) is 0 Å². The molecule has 3 heterocycles. The summed E-state index contributed by atoms with van der Waals surface area (Å²) in [6, 6.07) is 9.22. The van der Waals surface area contributed by atoms with E-state index < -0.39 is 0 Å². The molecule has 1 saturated carbocycles. The zero-order chi connectivity index (χ0) is 20.9. The van der Waals surface area contributed by atoms with E-state index in [1.807, 2.05) is 19.3 Å². The molecule has 6 rings (SSSR count). The summed E-state index contributed by atoms with van der Waals surface area (Å²) in [6.45, 7) is 0. The second kappa shape index (κ2) is 6.87. The van der Waals surface area contributed by atoms with Gasteiger partial charge in [0.1, 0.15) is 17.5 Å². The van der Waals surface area contributed by atoms with E-state index in [9.17, 15) is 4.39 Å². The number of imidazole rings is 1. The minimum absolute atomic E-state index is 0.358. The SMILES string of the molecule is Cn1nc(-c2ccc(-c3ncc[nH]3)c(F)c2)nc1Cc1ccc2[nH]ncc2c1C1CC1. The Morgan fingerprint density at radius 2 is 2.10 bits per heavy atom. The predicted molar refractivity (Wildman–Crippen MR) is 115 cm³/mol. The summed E-state index contributed by atoms with van der Waals surface area (Å²) in [6.07, 6.45) is 8.28. The predicted octanol–water partition coefficient (Wildman–Crippen LogP) is 4.36. The highest BCUT2D eigenvalue weighted by atomic mass is 19.1. The Hall–Kier alpha value is -3.81. The molecule has 7 nitrogen and oxygen atoms in total. The van der Waals surface area contributed by atoms with Gasteiger partial charge in [-0.3, -0.25) is 9.78 Å². The summed E-state index contributed by atoms with van der Waals surface area (Å²) >= 11 is 0. The first-order chi connectivity index (χ1) is 15.2. The number of hydrogen-bond donors (Lipinski definition) is 2.